The highest BCUT2D eigenvalue weighted by atomic mass is 127. The molecule has 1 aliphatic rings. The minimum Gasteiger partial charge on any atom is -0.396 e. The summed E-state index contributed by atoms with van der Waals surface area (Å²) in [5, 5.41) is 28.4. The number of aliphatic hydroxyl groups excluding tert-OH is 1. The van der Waals surface area contributed by atoms with Gasteiger partial charge in [-0.3, -0.25) is 9.48 Å². The van der Waals surface area contributed by atoms with Gasteiger partial charge in [-0.15, -0.1) is 11.7 Å². The first-order valence-corrected chi connectivity index (χ1v) is 10.6. The number of carbonyl (C=O) groups is 1. The molecule has 1 amide bonds. The summed E-state index contributed by atoms with van der Waals surface area (Å²) in [7, 11) is 0. The lowest BCUT2D eigenvalue weighted by molar-refractivity contribution is -0.139. The van der Waals surface area contributed by atoms with Crippen LogP contribution in [0.3, 0.4) is 0 Å². The third-order valence-electron chi connectivity index (χ3n) is 5.11. The molecule has 3 rings (SSSR count). The van der Waals surface area contributed by atoms with Crippen LogP contribution < -0.4 is 4.90 Å². The topological polar surface area (TPSA) is 91.5 Å². The molecule has 2 atom stereocenters. The maximum atomic E-state index is 13.1. The Labute approximate surface area is 183 Å². The Morgan fingerprint density at radius 1 is 1.41 bits per heavy atom. The molecule has 0 aliphatic carbocycles. The number of aryl methyl sites for hydroxylation is 1. The number of fused-ring (bicyclic) bond motifs is 1. The van der Waals surface area contributed by atoms with E-state index in [9.17, 15) is 9.90 Å². The molecule has 0 saturated heterocycles. The first-order chi connectivity index (χ1) is 13.9. The van der Waals surface area contributed by atoms with E-state index in [0.717, 1.165) is 15.0 Å². The molecule has 29 heavy (non-hydrogen) atoms. The minimum atomic E-state index is -1.60. The highest BCUT2D eigenvalue weighted by Gasteiger charge is 2.52. The molecule has 0 unspecified atom stereocenters. The first kappa shape index (κ1) is 21.7. The number of amides is 1. The molecule has 2 aromatic rings. The Hall–Kier alpha value is -2.04. The normalized spacial score (nSPS) is 19.7. The molecule has 0 saturated carbocycles. The van der Waals surface area contributed by atoms with E-state index >= 15 is 0 Å². The summed E-state index contributed by atoms with van der Waals surface area (Å²) in [6.45, 7) is 6.61. The van der Waals surface area contributed by atoms with Gasteiger partial charge >= 0.3 is 0 Å². The fourth-order valence-electron chi connectivity index (χ4n) is 3.55. The summed E-state index contributed by atoms with van der Waals surface area (Å²) in [6, 6.07) is 5.68. The largest absolute Gasteiger partial charge is 0.396 e. The monoisotopic (exact) mass is 508 g/mol. The van der Waals surface area contributed by atoms with Crippen LogP contribution in [0.15, 0.2) is 49.2 Å². The van der Waals surface area contributed by atoms with Gasteiger partial charge < -0.3 is 15.1 Å². The number of aliphatic hydroxyl groups is 2. The van der Waals surface area contributed by atoms with Crippen molar-refractivity contribution in [1.29, 1.82) is 0 Å². The second kappa shape index (κ2) is 9.19. The van der Waals surface area contributed by atoms with Crippen molar-refractivity contribution in [2.75, 3.05) is 18.1 Å². The molecule has 2 heterocycles. The molecular weight excluding hydrogens is 483 g/mol. The average Bonchev–Trinajstić information content (AvgIpc) is 3.23. The summed E-state index contributed by atoms with van der Waals surface area (Å²) in [4.78, 5) is 14.7. The number of halogens is 1. The molecule has 1 aromatic heterocycles. The third kappa shape index (κ3) is 4.29. The molecular formula is C21H25IN4O3. The van der Waals surface area contributed by atoms with Gasteiger partial charge in [-0.2, -0.15) is 0 Å². The fraction of sp³-hybridized carbons (Fsp3) is 0.381. The van der Waals surface area contributed by atoms with E-state index in [1.807, 2.05) is 43.5 Å². The van der Waals surface area contributed by atoms with Crippen molar-refractivity contribution in [2.45, 2.75) is 31.9 Å². The number of carbonyl (C=O) groups excluding carboxylic acids is 1. The molecule has 0 spiro atoms. The second-order valence-electron chi connectivity index (χ2n) is 7.08. The molecule has 0 radical (unpaired) electrons. The Morgan fingerprint density at radius 2 is 2.21 bits per heavy atom. The van der Waals surface area contributed by atoms with Gasteiger partial charge in [0.15, 0.2) is 5.60 Å². The molecule has 8 heteroatoms. The van der Waals surface area contributed by atoms with Crippen molar-refractivity contribution in [3.8, 4) is 0 Å². The molecule has 154 valence electrons. The minimum absolute atomic E-state index is 0.0476. The molecule has 7 nitrogen and oxygen atoms in total. The summed E-state index contributed by atoms with van der Waals surface area (Å²) >= 11 is 2.19. The zero-order valence-electron chi connectivity index (χ0n) is 16.3. The van der Waals surface area contributed by atoms with Crippen molar-refractivity contribution < 1.29 is 15.0 Å². The van der Waals surface area contributed by atoms with Gasteiger partial charge in [-0.05, 0) is 47.2 Å². The quantitative estimate of drug-likeness (QED) is 0.401. The van der Waals surface area contributed by atoms with Crippen LogP contribution in [0, 0.1) is 9.49 Å². The van der Waals surface area contributed by atoms with Gasteiger partial charge in [0.1, 0.15) is 0 Å². The number of anilines is 1. The number of hydrogen-bond donors (Lipinski definition) is 2. The number of aromatic nitrogens is 3. The zero-order valence-corrected chi connectivity index (χ0v) is 18.5. The predicted molar refractivity (Wildman–Crippen MR) is 119 cm³/mol. The standard InChI is InChI=1S/C21H25IN4O3/c1-3-10-26-19-8-7-16(22)13-18(19)21(29,20(26)28)15(2)6-4-5-11-25-14-17(9-12-27)23-24-25/h3-4,6-8,13-15,27,29H,1,5,9-12H2,2H3/b6-4+/t15-,21+/m1/s1. The van der Waals surface area contributed by atoms with E-state index < -0.39 is 11.5 Å². The lowest BCUT2D eigenvalue weighted by atomic mass is 9.83. The van der Waals surface area contributed by atoms with Gasteiger partial charge in [0.05, 0.1) is 11.4 Å². The summed E-state index contributed by atoms with van der Waals surface area (Å²) in [6.07, 6.45) is 8.48. The number of benzene rings is 1. The lowest BCUT2D eigenvalue weighted by Crippen LogP contribution is -2.44. The van der Waals surface area contributed by atoms with Crippen molar-refractivity contribution in [3.63, 3.8) is 0 Å². The van der Waals surface area contributed by atoms with Crippen molar-refractivity contribution in [3.05, 3.63) is 64.0 Å². The fourth-order valence-corrected chi connectivity index (χ4v) is 4.04. The van der Waals surface area contributed by atoms with E-state index in [1.165, 1.54) is 0 Å². The van der Waals surface area contributed by atoms with Crippen molar-refractivity contribution >= 4 is 34.2 Å². The van der Waals surface area contributed by atoms with E-state index in [0.29, 0.717) is 31.5 Å². The molecule has 1 aromatic carbocycles. The van der Waals surface area contributed by atoms with Crippen LogP contribution >= 0.6 is 22.6 Å². The van der Waals surface area contributed by atoms with Crippen LogP contribution in [-0.2, 0) is 23.4 Å². The molecule has 0 fully saturated rings. The maximum absolute atomic E-state index is 13.1. The van der Waals surface area contributed by atoms with Crippen molar-refractivity contribution in [2.24, 2.45) is 5.92 Å². The Kier molecular flexibility index (Phi) is 6.86. The van der Waals surface area contributed by atoms with Gasteiger partial charge in [0.25, 0.3) is 5.91 Å². The molecule has 0 bridgehead atoms. The third-order valence-corrected chi connectivity index (χ3v) is 5.78. The summed E-state index contributed by atoms with van der Waals surface area (Å²) in [5.74, 6) is -0.723. The summed E-state index contributed by atoms with van der Waals surface area (Å²) in [5.41, 5.74) is 0.525. The Bertz CT molecular complexity index is 926. The van der Waals surface area contributed by atoms with Gasteiger partial charge in [0, 0.05) is 47.4 Å². The van der Waals surface area contributed by atoms with Gasteiger partial charge in [-0.25, -0.2) is 0 Å². The number of allylic oxidation sites excluding steroid dienone is 1. The first-order valence-electron chi connectivity index (χ1n) is 9.53. The number of hydrogen-bond acceptors (Lipinski definition) is 5. The molecule has 2 N–H and O–H groups in total. The van der Waals surface area contributed by atoms with Crippen LogP contribution in [0.5, 0.6) is 0 Å². The predicted octanol–water partition coefficient (Wildman–Crippen LogP) is 2.42. The van der Waals surface area contributed by atoms with E-state index in [4.69, 9.17) is 5.11 Å². The zero-order chi connectivity index (χ0) is 21.0. The van der Waals surface area contributed by atoms with E-state index in [-0.39, 0.29) is 12.5 Å². The van der Waals surface area contributed by atoms with Crippen LogP contribution in [0.4, 0.5) is 5.69 Å². The van der Waals surface area contributed by atoms with E-state index in [1.54, 1.807) is 15.7 Å². The Morgan fingerprint density at radius 3 is 2.93 bits per heavy atom. The second-order valence-corrected chi connectivity index (χ2v) is 8.33. The van der Waals surface area contributed by atoms with Crippen molar-refractivity contribution in [1.82, 2.24) is 15.0 Å². The average molecular weight is 508 g/mol. The van der Waals surface area contributed by atoms with Crippen LogP contribution in [0.25, 0.3) is 0 Å². The number of nitrogens with zero attached hydrogens (tertiary/aromatic N) is 4. The SMILES string of the molecule is C=CCN1C(=O)[C@](O)([C@H](C)/C=C/CCn2cc(CCO)nn2)c2cc(I)ccc21. The van der Waals surface area contributed by atoms with E-state index in [2.05, 4.69) is 39.5 Å². The highest BCUT2D eigenvalue weighted by molar-refractivity contribution is 14.1. The summed E-state index contributed by atoms with van der Waals surface area (Å²) < 4.78 is 2.69. The smallest absolute Gasteiger partial charge is 0.264 e. The number of rotatable bonds is 9. The van der Waals surface area contributed by atoms with Gasteiger partial charge in [-0.1, -0.05) is 30.4 Å². The van der Waals surface area contributed by atoms with Gasteiger partial charge in [0.2, 0.25) is 0 Å². The Balaban J connectivity index is 1.74. The van der Waals surface area contributed by atoms with Crippen LogP contribution in [-0.4, -0.2) is 44.3 Å². The van der Waals surface area contributed by atoms with Crippen LogP contribution in [0.2, 0.25) is 0 Å². The lowest BCUT2D eigenvalue weighted by Gasteiger charge is -2.27. The highest BCUT2D eigenvalue weighted by Crippen LogP contribution is 2.45. The maximum Gasteiger partial charge on any atom is 0.264 e. The van der Waals surface area contributed by atoms with Crippen LogP contribution in [0.1, 0.15) is 24.6 Å². The molecule has 1 aliphatic heterocycles.